The van der Waals surface area contributed by atoms with Gasteiger partial charge < -0.3 is 23.7 Å². The maximum absolute atomic E-state index is 12.4. The lowest BCUT2D eigenvalue weighted by Crippen LogP contribution is -2.01. The van der Waals surface area contributed by atoms with Crippen molar-refractivity contribution < 1.29 is 28.5 Å². The van der Waals surface area contributed by atoms with Crippen LogP contribution in [0.15, 0.2) is 36.4 Å². The summed E-state index contributed by atoms with van der Waals surface area (Å²) >= 11 is 0. The number of fused-ring (bicyclic) bond motifs is 1. The fourth-order valence-electron chi connectivity index (χ4n) is 3.00. The second-order valence-corrected chi connectivity index (χ2v) is 5.56. The number of rotatable bonds is 4. The van der Waals surface area contributed by atoms with Gasteiger partial charge in [0.05, 0.1) is 19.8 Å². The van der Waals surface area contributed by atoms with Gasteiger partial charge >= 0.3 is 5.97 Å². The zero-order valence-electron chi connectivity index (χ0n) is 13.8. The molecular formula is C19H16O6. The second-order valence-electron chi connectivity index (χ2n) is 5.56. The van der Waals surface area contributed by atoms with E-state index >= 15 is 0 Å². The first kappa shape index (κ1) is 15.4. The first-order chi connectivity index (χ1) is 12.2. The molecule has 2 aromatic carbocycles. The number of hydrogen-bond acceptors (Lipinski definition) is 6. The van der Waals surface area contributed by atoms with Crippen molar-refractivity contribution in [3.8, 4) is 23.0 Å². The molecule has 6 nitrogen and oxygen atoms in total. The molecule has 2 aromatic rings. The Morgan fingerprint density at radius 2 is 1.76 bits per heavy atom. The molecule has 0 radical (unpaired) electrons. The van der Waals surface area contributed by atoms with E-state index in [4.69, 9.17) is 23.7 Å². The maximum Gasteiger partial charge on any atom is 0.339 e. The Hall–Kier alpha value is -3.15. The average molecular weight is 340 g/mol. The van der Waals surface area contributed by atoms with Crippen molar-refractivity contribution in [2.45, 2.75) is 0 Å². The van der Waals surface area contributed by atoms with E-state index in [1.807, 2.05) is 18.2 Å². The lowest BCUT2D eigenvalue weighted by Gasteiger charge is -2.11. The Kier molecular flexibility index (Phi) is 3.72. The molecule has 0 saturated heterocycles. The van der Waals surface area contributed by atoms with Crippen molar-refractivity contribution in [3.05, 3.63) is 47.5 Å². The van der Waals surface area contributed by atoms with E-state index in [0.717, 1.165) is 11.1 Å². The third kappa shape index (κ3) is 2.55. The number of cyclic esters (lactones) is 1. The summed E-state index contributed by atoms with van der Waals surface area (Å²) in [7, 11) is 3.14. The van der Waals surface area contributed by atoms with Crippen LogP contribution in [0.2, 0.25) is 0 Å². The van der Waals surface area contributed by atoms with Crippen LogP contribution in [-0.4, -0.2) is 33.6 Å². The molecule has 0 atom stereocenters. The van der Waals surface area contributed by atoms with Crippen molar-refractivity contribution in [2.24, 2.45) is 0 Å². The van der Waals surface area contributed by atoms with Gasteiger partial charge in [-0.1, -0.05) is 6.07 Å². The fourth-order valence-corrected chi connectivity index (χ4v) is 3.00. The minimum absolute atomic E-state index is 0.189. The second kappa shape index (κ2) is 6.05. The van der Waals surface area contributed by atoms with Gasteiger partial charge in [0.15, 0.2) is 11.5 Å². The third-order valence-corrected chi connectivity index (χ3v) is 4.25. The van der Waals surface area contributed by atoms with Crippen LogP contribution in [0.5, 0.6) is 23.0 Å². The summed E-state index contributed by atoms with van der Waals surface area (Å²) in [5, 5.41) is 0. The van der Waals surface area contributed by atoms with Crippen LogP contribution in [0.4, 0.5) is 0 Å². The lowest BCUT2D eigenvalue weighted by molar-refractivity contribution is -0.133. The minimum atomic E-state index is -0.390. The van der Waals surface area contributed by atoms with Crippen molar-refractivity contribution in [1.82, 2.24) is 0 Å². The van der Waals surface area contributed by atoms with Gasteiger partial charge in [0.25, 0.3) is 0 Å². The molecule has 0 unspecified atom stereocenters. The van der Waals surface area contributed by atoms with Crippen LogP contribution in [0, 0.1) is 0 Å². The fraction of sp³-hybridized carbons (Fsp3) is 0.211. The highest BCUT2D eigenvalue weighted by molar-refractivity contribution is 6.28. The van der Waals surface area contributed by atoms with Crippen molar-refractivity contribution in [3.63, 3.8) is 0 Å². The van der Waals surface area contributed by atoms with Crippen LogP contribution < -0.4 is 18.9 Å². The number of carbonyl (C=O) groups is 1. The van der Waals surface area contributed by atoms with Crippen molar-refractivity contribution >= 4 is 17.1 Å². The number of hydrogen-bond donors (Lipinski definition) is 0. The molecule has 0 spiro atoms. The predicted octanol–water partition coefficient (Wildman–Crippen LogP) is 2.90. The van der Waals surface area contributed by atoms with Crippen molar-refractivity contribution in [2.75, 3.05) is 27.6 Å². The van der Waals surface area contributed by atoms with Gasteiger partial charge in [0.1, 0.15) is 18.1 Å². The van der Waals surface area contributed by atoms with Gasteiger partial charge in [0.2, 0.25) is 6.79 Å². The van der Waals surface area contributed by atoms with Crippen LogP contribution in [0.3, 0.4) is 0 Å². The molecule has 128 valence electrons. The Morgan fingerprint density at radius 3 is 2.56 bits per heavy atom. The van der Waals surface area contributed by atoms with Gasteiger partial charge in [-0.2, -0.15) is 0 Å². The zero-order valence-corrected chi connectivity index (χ0v) is 13.8. The van der Waals surface area contributed by atoms with E-state index in [0.29, 0.717) is 34.1 Å². The monoisotopic (exact) mass is 340 g/mol. The summed E-state index contributed by atoms with van der Waals surface area (Å²) in [5.41, 5.74) is 2.72. The van der Waals surface area contributed by atoms with E-state index in [9.17, 15) is 4.79 Å². The van der Waals surface area contributed by atoms with E-state index in [1.165, 1.54) is 0 Å². The molecule has 2 heterocycles. The average Bonchev–Trinajstić information content (AvgIpc) is 3.26. The molecule has 25 heavy (non-hydrogen) atoms. The molecular weight excluding hydrogens is 324 g/mol. The summed E-state index contributed by atoms with van der Waals surface area (Å²) in [5.74, 6) is 2.16. The zero-order chi connectivity index (χ0) is 17.4. The lowest BCUT2D eigenvalue weighted by atomic mass is 9.95. The Balaban J connectivity index is 1.88. The topological polar surface area (TPSA) is 63.2 Å². The molecule has 4 rings (SSSR count). The summed E-state index contributed by atoms with van der Waals surface area (Å²) < 4.78 is 26.8. The number of carbonyl (C=O) groups excluding carboxylic acids is 1. The number of esters is 1. The molecule has 2 aliphatic heterocycles. The van der Waals surface area contributed by atoms with Gasteiger partial charge in [-0.15, -0.1) is 0 Å². The molecule has 0 bridgehead atoms. The normalized spacial score (nSPS) is 15.4. The van der Waals surface area contributed by atoms with Gasteiger partial charge in [-0.25, -0.2) is 4.79 Å². The predicted molar refractivity (Wildman–Crippen MR) is 89.9 cm³/mol. The molecule has 0 fully saturated rings. The quantitative estimate of drug-likeness (QED) is 0.798. The smallest absolute Gasteiger partial charge is 0.339 e. The molecule has 6 heteroatoms. The van der Waals surface area contributed by atoms with Gasteiger partial charge in [-0.3, -0.25) is 0 Å². The standard InChI is InChI=1S/C19H16O6/c1-21-12-4-6-15(22-2)13(8-12)18-14(9-23-19(18)20)11-3-5-16-17(7-11)25-10-24-16/h3-8H,9-10H2,1-2H3. The Bertz CT molecular complexity index is 883. The van der Waals surface area contributed by atoms with Gasteiger partial charge in [0, 0.05) is 11.1 Å². The Morgan fingerprint density at radius 1 is 0.920 bits per heavy atom. The van der Waals surface area contributed by atoms with Gasteiger partial charge in [-0.05, 0) is 35.9 Å². The molecule has 0 amide bonds. The molecule has 0 saturated carbocycles. The number of methoxy groups -OCH3 is 2. The number of benzene rings is 2. The molecule has 0 N–H and O–H groups in total. The third-order valence-electron chi connectivity index (χ3n) is 4.25. The Labute approximate surface area is 144 Å². The van der Waals surface area contributed by atoms with E-state index < -0.39 is 0 Å². The first-order valence-corrected chi connectivity index (χ1v) is 7.74. The van der Waals surface area contributed by atoms with Crippen LogP contribution in [-0.2, 0) is 9.53 Å². The first-order valence-electron chi connectivity index (χ1n) is 7.74. The van der Waals surface area contributed by atoms with E-state index in [2.05, 4.69) is 0 Å². The van der Waals surface area contributed by atoms with Crippen LogP contribution in [0.1, 0.15) is 11.1 Å². The van der Waals surface area contributed by atoms with E-state index in [-0.39, 0.29) is 19.4 Å². The maximum atomic E-state index is 12.4. The minimum Gasteiger partial charge on any atom is -0.497 e. The SMILES string of the molecule is COc1ccc(OC)c(C2=C(c3ccc4c(c3)OCO4)COC2=O)c1. The highest BCUT2D eigenvalue weighted by Gasteiger charge is 2.30. The molecule has 0 aliphatic carbocycles. The summed E-state index contributed by atoms with van der Waals surface area (Å²) in [6.45, 7) is 0.387. The highest BCUT2D eigenvalue weighted by Crippen LogP contribution is 2.41. The van der Waals surface area contributed by atoms with Crippen LogP contribution >= 0.6 is 0 Å². The van der Waals surface area contributed by atoms with E-state index in [1.54, 1.807) is 32.4 Å². The largest absolute Gasteiger partial charge is 0.497 e. The summed E-state index contributed by atoms with van der Waals surface area (Å²) in [4.78, 5) is 12.4. The number of ether oxygens (including phenoxy) is 5. The van der Waals surface area contributed by atoms with Crippen molar-refractivity contribution in [1.29, 1.82) is 0 Å². The molecule has 0 aromatic heterocycles. The highest BCUT2D eigenvalue weighted by atomic mass is 16.7. The summed E-state index contributed by atoms with van der Waals surface area (Å²) in [6, 6.07) is 10.9. The van der Waals surface area contributed by atoms with Crippen LogP contribution in [0.25, 0.3) is 11.1 Å². The molecule has 2 aliphatic rings. The summed E-state index contributed by atoms with van der Waals surface area (Å²) in [6.07, 6.45) is 0.